The summed E-state index contributed by atoms with van der Waals surface area (Å²) in [5.74, 6) is 0. The molecule has 0 radical (unpaired) electrons. The molecule has 12 aromatic rings. The molecule has 0 aliphatic heterocycles. The highest BCUT2D eigenvalue weighted by Crippen LogP contribution is 2.51. The van der Waals surface area contributed by atoms with E-state index in [4.69, 9.17) is 0 Å². The number of hydrogen-bond acceptors (Lipinski definition) is 5. The smallest absolute Gasteiger partial charge is 0.0640 e. The number of rotatable bonds is 9. The Kier molecular flexibility index (Phi) is 9.21. The molecule has 63 heavy (non-hydrogen) atoms. The van der Waals surface area contributed by atoms with Crippen LogP contribution in [-0.2, 0) is 0 Å². The number of hydrogen-bond donors (Lipinski definition) is 0. The first kappa shape index (κ1) is 37.1. The lowest BCUT2D eigenvalue weighted by Gasteiger charge is -2.30. The number of para-hydroxylation sites is 4. The normalized spacial score (nSPS) is 11.5. The van der Waals surface area contributed by atoms with Crippen molar-refractivity contribution >= 4 is 125 Å². The average molecular weight is 842 g/mol. The van der Waals surface area contributed by atoms with Gasteiger partial charge in [-0.05, 0) is 114 Å². The minimum absolute atomic E-state index is 1.09. The predicted molar refractivity (Wildman–Crippen MR) is 274 cm³/mol. The lowest BCUT2D eigenvalue weighted by Crippen LogP contribution is -2.13. The molecule has 5 heteroatoms. The zero-order valence-electron chi connectivity index (χ0n) is 34.2. The Balaban J connectivity index is 1.15. The van der Waals surface area contributed by atoms with Gasteiger partial charge in [-0.3, -0.25) is 0 Å². The number of anilines is 9. The van der Waals surface area contributed by atoms with Gasteiger partial charge < -0.3 is 14.7 Å². The average Bonchev–Trinajstić information content (AvgIpc) is 3.92. The molecule has 2 heterocycles. The molecule has 0 aliphatic rings. The van der Waals surface area contributed by atoms with Crippen LogP contribution < -0.4 is 14.7 Å². The van der Waals surface area contributed by atoms with Crippen LogP contribution in [0.2, 0.25) is 0 Å². The molecule has 10 aromatic carbocycles. The summed E-state index contributed by atoms with van der Waals surface area (Å²) in [4.78, 5) is 7.28. The van der Waals surface area contributed by atoms with Crippen LogP contribution in [0.3, 0.4) is 0 Å². The molecule has 298 valence electrons. The lowest BCUT2D eigenvalue weighted by molar-refractivity contribution is 1.26. The topological polar surface area (TPSA) is 9.72 Å². The summed E-state index contributed by atoms with van der Waals surface area (Å²) in [6.07, 6.45) is 0. The molecule has 2 aromatic heterocycles. The van der Waals surface area contributed by atoms with E-state index in [9.17, 15) is 0 Å². The van der Waals surface area contributed by atoms with Crippen molar-refractivity contribution in [1.82, 2.24) is 0 Å². The summed E-state index contributed by atoms with van der Waals surface area (Å²) >= 11 is 3.72. The summed E-state index contributed by atoms with van der Waals surface area (Å²) in [7, 11) is 0. The predicted octanol–water partition coefficient (Wildman–Crippen LogP) is 18.0. The van der Waals surface area contributed by atoms with E-state index in [0.717, 1.165) is 45.5 Å². The highest BCUT2D eigenvalue weighted by atomic mass is 32.1. The van der Waals surface area contributed by atoms with E-state index < -0.39 is 0 Å². The van der Waals surface area contributed by atoms with Gasteiger partial charge in [-0.15, -0.1) is 22.7 Å². The summed E-state index contributed by atoms with van der Waals surface area (Å²) in [5, 5.41) is 7.43. The van der Waals surface area contributed by atoms with E-state index in [1.165, 1.54) is 56.8 Å². The fourth-order valence-corrected chi connectivity index (χ4v) is 11.5. The van der Waals surface area contributed by atoms with Gasteiger partial charge in [-0.2, -0.15) is 0 Å². The van der Waals surface area contributed by atoms with Crippen LogP contribution in [0.15, 0.2) is 237 Å². The molecule has 0 saturated heterocycles. The molecular weight excluding hydrogens is 803 g/mol. The first-order chi connectivity index (χ1) is 31.2. The lowest BCUT2D eigenvalue weighted by atomic mass is 10.0. The second-order valence-electron chi connectivity index (χ2n) is 15.8. The van der Waals surface area contributed by atoms with Crippen LogP contribution in [0.1, 0.15) is 0 Å². The van der Waals surface area contributed by atoms with Crippen LogP contribution in [0, 0.1) is 0 Å². The number of thiophene rings is 2. The largest absolute Gasteiger partial charge is 0.310 e. The molecule has 0 saturated carbocycles. The van der Waals surface area contributed by atoms with Crippen LogP contribution in [-0.4, -0.2) is 0 Å². The SMILES string of the molecule is c1ccc(N(c2ccccc2)c2cc(N(c3ccccc3)c3ccccc3)c3c(c2)sc2ccc(N(c4ccc5ccccc5c4)c4cccc5c4sc4ccccc45)cc23)cc1. The maximum Gasteiger partial charge on any atom is 0.0640 e. The van der Waals surface area contributed by atoms with Crippen molar-refractivity contribution in [3.63, 3.8) is 0 Å². The summed E-state index contributed by atoms with van der Waals surface area (Å²) in [6, 6.07) is 85.9. The first-order valence-electron chi connectivity index (χ1n) is 21.3. The summed E-state index contributed by atoms with van der Waals surface area (Å²) in [5.41, 5.74) is 10.00. The number of nitrogens with zero attached hydrogens (tertiary/aromatic N) is 3. The van der Waals surface area contributed by atoms with Crippen molar-refractivity contribution in [2.24, 2.45) is 0 Å². The Morgan fingerprint density at radius 1 is 0.254 bits per heavy atom. The van der Waals surface area contributed by atoms with E-state index in [1.54, 1.807) is 0 Å². The van der Waals surface area contributed by atoms with E-state index >= 15 is 0 Å². The van der Waals surface area contributed by atoms with E-state index in [2.05, 4.69) is 251 Å². The molecule has 0 unspecified atom stereocenters. The Morgan fingerprint density at radius 2 is 0.778 bits per heavy atom. The molecule has 0 N–H and O–H groups in total. The Hall–Kier alpha value is -7.70. The molecule has 0 atom stereocenters. The van der Waals surface area contributed by atoms with Crippen LogP contribution >= 0.6 is 22.7 Å². The zero-order valence-corrected chi connectivity index (χ0v) is 35.8. The third-order valence-electron chi connectivity index (χ3n) is 11.9. The van der Waals surface area contributed by atoms with Crippen molar-refractivity contribution in [3.8, 4) is 0 Å². The Bertz CT molecular complexity index is 3500. The molecule has 0 amide bonds. The Labute approximate surface area is 374 Å². The maximum absolute atomic E-state index is 2.47. The minimum Gasteiger partial charge on any atom is -0.310 e. The van der Waals surface area contributed by atoms with Crippen LogP contribution in [0.4, 0.5) is 51.2 Å². The summed E-state index contributed by atoms with van der Waals surface area (Å²) < 4.78 is 5.01. The molecule has 0 fully saturated rings. The van der Waals surface area contributed by atoms with Crippen molar-refractivity contribution < 1.29 is 0 Å². The van der Waals surface area contributed by atoms with E-state index in [0.29, 0.717) is 0 Å². The molecule has 3 nitrogen and oxygen atoms in total. The van der Waals surface area contributed by atoms with Gasteiger partial charge in [0.1, 0.15) is 0 Å². The third-order valence-corrected chi connectivity index (χ3v) is 14.3. The first-order valence-corrected chi connectivity index (χ1v) is 22.9. The molecule has 0 bridgehead atoms. The standard InChI is InChI=1S/C58H39N3S2/c1-5-20-42(21-6-1)59(43-22-7-2-8-23-43)48-38-53(60(44-24-9-3-10-25-44)45-26-11-4-12-27-45)57-51-37-47(34-35-55(51)62-56(57)39-48)61(46-33-32-40-18-13-14-19-41(40)36-46)52-30-17-29-50-49-28-15-16-31-54(49)63-58(50)52/h1-39H. The van der Waals surface area contributed by atoms with Gasteiger partial charge >= 0.3 is 0 Å². The van der Waals surface area contributed by atoms with Crippen molar-refractivity contribution in [2.45, 2.75) is 0 Å². The van der Waals surface area contributed by atoms with Gasteiger partial charge in [0.25, 0.3) is 0 Å². The minimum atomic E-state index is 1.09. The van der Waals surface area contributed by atoms with Crippen LogP contribution in [0.25, 0.3) is 51.1 Å². The zero-order chi connectivity index (χ0) is 41.7. The molecule has 0 aliphatic carbocycles. The van der Waals surface area contributed by atoms with E-state index in [1.807, 2.05) is 22.7 Å². The molecular formula is C58H39N3S2. The van der Waals surface area contributed by atoms with Gasteiger partial charge in [0.15, 0.2) is 0 Å². The monoisotopic (exact) mass is 841 g/mol. The van der Waals surface area contributed by atoms with Gasteiger partial charge in [0.2, 0.25) is 0 Å². The van der Waals surface area contributed by atoms with Gasteiger partial charge in [0, 0.05) is 75.5 Å². The second kappa shape index (κ2) is 15.6. The van der Waals surface area contributed by atoms with Crippen molar-refractivity contribution in [1.29, 1.82) is 0 Å². The fraction of sp³-hybridized carbons (Fsp3) is 0. The highest BCUT2D eigenvalue weighted by Gasteiger charge is 2.25. The highest BCUT2D eigenvalue weighted by molar-refractivity contribution is 7.26. The van der Waals surface area contributed by atoms with Gasteiger partial charge in [-0.1, -0.05) is 133 Å². The van der Waals surface area contributed by atoms with Crippen molar-refractivity contribution in [2.75, 3.05) is 14.7 Å². The quantitative estimate of drug-likeness (QED) is 0.143. The summed E-state index contributed by atoms with van der Waals surface area (Å²) in [6.45, 7) is 0. The van der Waals surface area contributed by atoms with Gasteiger partial charge in [-0.25, -0.2) is 0 Å². The number of fused-ring (bicyclic) bond motifs is 7. The van der Waals surface area contributed by atoms with E-state index in [-0.39, 0.29) is 0 Å². The maximum atomic E-state index is 2.47. The molecule has 12 rings (SSSR count). The van der Waals surface area contributed by atoms with Crippen LogP contribution in [0.5, 0.6) is 0 Å². The third kappa shape index (κ3) is 6.57. The Morgan fingerprint density at radius 3 is 1.46 bits per heavy atom. The van der Waals surface area contributed by atoms with Gasteiger partial charge in [0.05, 0.1) is 16.1 Å². The van der Waals surface area contributed by atoms with Crippen molar-refractivity contribution in [3.05, 3.63) is 237 Å². The number of benzene rings is 10. The second-order valence-corrected chi connectivity index (χ2v) is 17.9. The molecule has 0 spiro atoms. The fourth-order valence-electron chi connectivity index (χ4n) is 9.14.